The number of benzene rings is 2. The molecule has 2 aromatic carbocycles. The molecule has 0 saturated carbocycles. The topological polar surface area (TPSA) is 43.5 Å². The zero-order chi connectivity index (χ0) is 15.7. The molecule has 3 aromatic rings. The number of nitrogens with zero attached hydrogens (tertiary/aromatic N) is 2. The minimum Gasteiger partial charge on any atom is -0.339 e. The van der Waals surface area contributed by atoms with Crippen molar-refractivity contribution in [3.63, 3.8) is 0 Å². The largest absolute Gasteiger partial charge is 0.339 e. The van der Waals surface area contributed by atoms with Crippen LogP contribution in [0.1, 0.15) is 11.1 Å². The Kier molecular flexibility index (Phi) is 4.05. The second kappa shape index (κ2) is 5.99. The fourth-order valence-electron chi connectivity index (χ4n) is 2.74. The van der Waals surface area contributed by atoms with Crippen LogP contribution in [0.25, 0.3) is 11.0 Å². The van der Waals surface area contributed by atoms with E-state index in [1.165, 1.54) is 5.56 Å². The first-order valence-electron chi connectivity index (χ1n) is 7.27. The molecule has 0 spiro atoms. The van der Waals surface area contributed by atoms with Crippen LogP contribution in [0.15, 0.2) is 47.3 Å². The zero-order valence-corrected chi connectivity index (χ0v) is 13.5. The van der Waals surface area contributed by atoms with Crippen molar-refractivity contribution in [2.75, 3.05) is 0 Å². The lowest BCUT2D eigenvalue weighted by Gasteiger charge is -2.05. The van der Waals surface area contributed by atoms with Gasteiger partial charge in [-0.25, -0.2) is 4.79 Å². The van der Waals surface area contributed by atoms with Gasteiger partial charge in [0.05, 0.1) is 11.0 Å². The van der Waals surface area contributed by atoms with E-state index in [2.05, 4.69) is 17.4 Å². The summed E-state index contributed by atoms with van der Waals surface area (Å²) >= 11 is 6.16. The monoisotopic (exact) mass is 316 g/mol. The lowest BCUT2D eigenvalue weighted by atomic mass is 10.2. The highest BCUT2D eigenvalue weighted by atomic mass is 35.5. The predicted molar refractivity (Wildman–Crippen MR) is 88.9 cm³/mol. The normalized spacial score (nSPS) is 11.2. The Labute approximate surface area is 133 Å². The van der Waals surface area contributed by atoms with Gasteiger partial charge in [0.15, 0.2) is 0 Å². The maximum absolute atomic E-state index is 11.9. The van der Waals surface area contributed by atoms with E-state index in [9.17, 15) is 4.79 Å². The van der Waals surface area contributed by atoms with Gasteiger partial charge in [-0.3, -0.25) is 9.13 Å². The van der Waals surface area contributed by atoms with Crippen molar-refractivity contribution in [2.45, 2.75) is 13.1 Å². The molecule has 0 aliphatic heterocycles. The average Bonchev–Trinajstić information content (AvgIpc) is 2.74. The van der Waals surface area contributed by atoms with E-state index in [1.54, 1.807) is 16.2 Å². The third kappa shape index (κ3) is 2.67. The van der Waals surface area contributed by atoms with Crippen LogP contribution in [-0.4, -0.2) is 9.13 Å². The molecule has 0 radical (unpaired) electrons. The maximum Gasteiger partial charge on any atom is 0.328 e. The number of aromatic nitrogens is 2. The number of halogens is 1. The van der Waals surface area contributed by atoms with Gasteiger partial charge in [-0.2, -0.15) is 0 Å². The number of nitrogens with two attached hydrogens (primary N) is 1. The van der Waals surface area contributed by atoms with Crippen molar-refractivity contribution in [2.24, 2.45) is 14.1 Å². The van der Waals surface area contributed by atoms with Crippen LogP contribution in [-0.2, 0) is 27.2 Å². The number of quaternary nitrogens is 1. The van der Waals surface area contributed by atoms with Crippen molar-refractivity contribution in [3.8, 4) is 0 Å². The molecule has 0 amide bonds. The van der Waals surface area contributed by atoms with Crippen LogP contribution in [0.4, 0.5) is 0 Å². The molecular formula is C17H19ClN3O+. The Morgan fingerprint density at radius 2 is 1.73 bits per heavy atom. The van der Waals surface area contributed by atoms with E-state index in [1.807, 2.05) is 37.4 Å². The van der Waals surface area contributed by atoms with Gasteiger partial charge >= 0.3 is 5.69 Å². The molecule has 0 saturated heterocycles. The highest BCUT2D eigenvalue weighted by Crippen LogP contribution is 2.14. The molecule has 22 heavy (non-hydrogen) atoms. The van der Waals surface area contributed by atoms with Gasteiger partial charge in [-0.1, -0.05) is 35.9 Å². The highest BCUT2D eigenvalue weighted by Gasteiger charge is 2.09. The van der Waals surface area contributed by atoms with Gasteiger partial charge in [0.1, 0.15) is 13.1 Å². The summed E-state index contributed by atoms with van der Waals surface area (Å²) in [5.41, 5.74) is 4.27. The minimum atomic E-state index is 0.00666. The highest BCUT2D eigenvalue weighted by molar-refractivity contribution is 6.31. The molecule has 1 heterocycles. The lowest BCUT2D eigenvalue weighted by molar-refractivity contribution is -0.686. The molecule has 0 atom stereocenters. The molecule has 0 fully saturated rings. The van der Waals surface area contributed by atoms with Crippen LogP contribution in [0.3, 0.4) is 0 Å². The first kappa shape index (κ1) is 14.9. The van der Waals surface area contributed by atoms with E-state index < -0.39 is 0 Å². The molecule has 0 aliphatic rings. The van der Waals surface area contributed by atoms with Gasteiger partial charge in [-0.15, -0.1) is 0 Å². The summed E-state index contributed by atoms with van der Waals surface area (Å²) in [6, 6.07) is 14.1. The number of rotatable bonds is 4. The van der Waals surface area contributed by atoms with E-state index in [0.29, 0.717) is 0 Å². The van der Waals surface area contributed by atoms with E-state index >= 15 is 0 Å². The summed E-state index contributed by atoms with van der Waals surface area (Å²) in [5, 5.41) is 3.02. The second-order valence-corrected chi connectivity index (χ2v) is 5.92. The molecule has 0 bridgehead atoms. The molecule has 0 aliphatic carbocycles. The van der Waals surface area contributed by atoms with Crippen molar-refractivity contribution >= 4 is 22.6 Å². The molecule has 0 unspecified atom stereocenters. The fraction of sp³-hybridized carbons (Fsp3) is 0.235. The number of hydrogen-bond donors (Lipinski definition) is 1. The van der Waals surface area contributed by atoms with Crippen LogP contribution in [0.2, 0.25) is 5.02 Å². The average molecular weight is 317 g/mol. The van der Waals surface area contributed by atoms with E-state index in [-0.39, 0.29) is 5.69 Å². The molecule has 2 N–H and O–H groups in total. The molecule has 3 rings (SSSR count). The Balaban J connectivity index is 1.76. The Hall–Kier alpha value is -2.04. The molecule has 114 valence electrons. The summed E-state index contributed by atoms with van der Waals surface area (Å²) in [6.45, 7) is 1.69. The number of fused-ring (bicyclic) bond motifs is 1. The Bertz CT molecular complexity index is 879. The Morgan fingerprint density at radius 1 is 1.00 bits per heavy atom. The van der Waals surface area contributed by atoms with Gasteiger partial charge in [0.25, 0.3) is 0 Å². The molecule has 4 nitrogen and oxygen atoms in total. The number of imidazole rings is 1. The third-order valence-corrected chi connectivity index (χ3v) is 4.41. The van der Waals surface area contributed by atoms with E-state index in [0.717, 1.165) is 34.7 Å². The van der Waals surface area contributed by atoms with Gasteiger partial charge in [0.2, 0.25) is 0 Å². The SMILES string of the molecule is Cn1c(=O)n(C)c2cc(C[NH2+]Cc3ccccc3Cl)ccc21. The van der Waals surface area contributed by atoms with Crippen molar-refractivity contribution in [1.29, 1.82) is 0 Å². The van der Waals surface area contributed by atoms with Gasteiger partial charge < -0.3 is 5.32 Å². The summed E-state index contributed by atoms with van der Waals surface area (Å²) in [4.78, 5) is 11.9. The predicted octanol–water partition coefficient (Wildman–Crippen LogP) is 1.79. The zero-order valence-electron chi connectivity index (χ0n) is 12.7. The van der Waals surface area contributed by atoms with Crippen molar-refractivity contribution in [3.05, 3.63) is 69.1 Å². The third-order valence-electron chi connectivity index (χ3n) is 4.04. The minimum absolute atomic E-state index is 0.00666. The first-order chi connectivity index (χ1) is 10.6. The summed E-state index contributed by atoms with van der Waals surface area (Å²) in [6.07, 6.45) is 0. The van der Waals surface area contributed by atoms with Crippen molar-refractivity contribution < 1.29 is 5.32 Å². The van der Waals surface area contributed by atoms with Crippen LogP contribution >= 0.6 is 11.6 Å². The number of aryl methyl sites for hydroxylation is 2. The van der Waals surface area contributed by atoms with E-state index in [4.69, 9.17) is 11.6 Å². The second-order valence-electron chi connectivity index (χ2n) is 5.51. The van der Waals surface area contributed by atoms with Crippen LogP contribution in [0, 0.1) is 0 Å². The molecule has 5 heteroatoms. The van der Waals surface area contributed by atoms with Gasteiger partial charge in [0, 0.05) is 30.2 Å². The fourth-order valence-corrected chi connectivity index (χ4v) is 2.95. The van der Waals surface area contributed by atoms with Crippen LogP contribution < -0.4 is 11.0 Å². The standard InChI is InChI=1S/C17H18ClN3O/c1-20-15-8-7-12(9-16(15)21(2)17(20)22)10-19-11-13-5-3-4-6-14(13)18/h3-9,19H,10-11H2,1-2H3/p+1. The summed E-state index contributed by atoms with van der Waals surface area (Å²) in [7, 11) is 3.61. The van der Waals surface area contributed by atoms with Gasteiger partial charge in [-0.05, 0) is 18.2 Å². The molecule has 1 aromatic heterocycles. The summed E-state index contributed by atoms with van der Waals surface area (Å²) < 4.78 is 3.36. The Morgan fingerprint density at radius 3 is 2.50 bits per heavy atom. The first-order valence-corrected chi connectivity index (χ1v) is 7.65. The van der Waals surface area contributed by atoms with Crippen molar-refractivity contribution in [1.82, 2.24) is 9.13 Å². The quantitative estimate of drug-likeness (QED) is 0.783. The summed E-state index contributed by atoms with van der Waals surface area (Å²) in [5.74, 6) is 0. The number of hydrogen-bond acceptors (Lipinski definition) is 1. The molecular weight excluding hydrogens is 298 g/mol. The smallest absolute Gasteiger partial charge is 0.328 e. The lowest BCUT2D eigenvalue weighted by Crippen LogP contribution is -2.80. The van der Waals surface area contributed by atoms with Crippen LogP contribution in [0.5, 0.6) is 0 Å². The maximum atomic E-state index is 11.9.